The summed E-state index contributed by atoms with van der Waals surface area (Å²) in [5.41, 5.74) is 7.32. The van der Waals surface area contributed by atoms with Gasteiger partial charge in [-0.15, -0.1) is 0 Å². The molecule has 1 aromatic carbocycles. The molecule has 0 unspecified atom stereocenters. The first-order valence-corrected chi connectivity index (χ1v) is 6.54. The van der Waals surface area contributed by atoms with Crippen LogP contribution in [-0.4, -0.2) is 22.2 Å². The highest BCUT2D eigenvalue weighted by atomic mass is 16.2. The number of nitrogens with one attached hydrogen (secondary N) is 1. The number of amides is 1. The fraction of sp³-hybridized carbons (Fsp3) is 0.429. The molecule has 1 heterocycles. The number of fused-ring (bicyclic) bond motifs is 1. The zero-order valence-electron chi connectivity index (χ0n) is 11.4. The summed E-state index contributed by atoms with van der Waals surface area (Å²) < 4.78 is 1.68. The van der Waals surface area contributed by atoms with Crippen LogP contribution < -0.4 is 11.1 Å². The summed E-state index contributed by atoms with van der Waals surface area (Å²) >= 11 is 0. The third-order valence-corrected chi connectivity index (χ3v) is 3.01. The SMILES string of the molecule is CC(C)CCNC(=O)Cn1ncc2ccc(N)cc21. The highest BCUT2D eigenvalue weighted by Crippen LogP contribution is 2.16. The molecule has 5 nitrogen and oxygen atoms in total. The van der Waals surface area contributed by atoms with Crippen LogP contribution >= 0.6 is 0 Å². The van der Waals surface area contributed by atoms with Gasteiger partial charge < -0.3 is 11.1 Å². The fourth-order valence-corrected chi connectivity index (χ4v) is 1.91. The number of carbonyl (C=O) groups excluding carboxylic acids is 1. The zero-order valence-corrected chi connectivity index (χ0v) is 11.4. The molecule has 0 saturated heterocycles. The van der Waals surface area contributed by atoms with E-state index in [0.29, 0.717) is 18.2 Å². The quantitative estimate of drug-likeness (QED) is 0.805. The summed E-state index contributed by atoms with van der Waals surface area (Å²) in [5.74, 6) is 0.568. The first-order chi connectivity index (χ1) is 9.06. The van der Waals surface area contributed by atoms with Crippen molar-refractivity contribution in [2.45, 2.75) is 26.8 Å². The number of anilines is 1. The number of rotatable bonds is 5. The number of aromatic nitrogens is 2. The van der Waals surface area contributed by atoms with Gasteiger partial charge in [0.25, 0.3) is 0 Å². The summed E-state index contributed by atoms with van der Waals surface area (Å²) in [6.45, 7) is 5.20. The third-order valence-electron chi connectivity index (χ3n) is 3.01. The van der Waals surface area contributed by atoms with Crippen molar-refractivity contribution in [3.8, 4) is 0 Å². The molecule has 0 aliphatic rings. The van der Waals surface area contributed by atoms with Crippen molar-refractivity contribution in [3.05, 3.63) is 24.4 Å². The van der Waals surface area contributed by atoms with Gasteiger partial charge in [0.05, 0.1) is 11.7 Å². The molecule has 19 heavy (non-hydrogen) atoms. The normalized spacial score (nSPS) is 11.1. The Morgan fingerprint density at radius 1 is 1.47 bits per heavy atom. The monoisotopic (exact) mass is 260 g/mol. The van der Waals surface area contributed by atoms with Crippen molar-refractivity contribution in [1.82, 2.24) is 15.1 Å². The second-order valence-corrected chi connectivity index (χ2v) is 5.15. The van der Waals surface area contributed by atoms with Gasteiger partial charge >= 0.3 is 0 Å². The highest BCUT2D eigenvalue weighted by molar-refractivity contribution is 5.84. The molecule has 1 amide bonds. The molecule has 2 aromatic rings. The molecule has 1 aromatic heterocycles. The Kier molecular flexibility index (Phi) is 4.04. The standard InChI is InChI=1S/C14H20N4O/c1-10(2)5-6-16-14(19)9-18-13-7-12(15)4-3-11(13)8-17-18/h3-4,7-8,10H,5-6,9,15H2,1-2H3,(H,16,19). The molecule has 2 rings (SSSR count). The van der Waals surface area contributed by atoms with Gasteiger partial charge in [-0.25, -0.2) is 0 Å². The third kappa shape index (κ3) is 3.47. The highest BCUT2D eigenvalue weighted by Gasteiger charge is 2.07. The van der Waals surface area contributed by atoms with E-state index < -0.39 is 0 Å². The van der Waals surface area contributed by atoms with Crippen LogP contribution in [-0.2, 0) is 11.3 Å². The molecule has 5 heteroatoms. The number of hydrogen-bond acceptors (Lipinski definition) is 3. The van der Waals surface area contributed by atoms with Gasteiger partial charge in [0, 0.05) is 17.6 Å². The van der Waals surface area contributed by atoms with Crippen molar-refractivity contribution in [3.63, 3.8) is 0 Å². The van der Waals surface area contributed by atoms with E-state index in [4.69, 9.17) is 5.73 Å². The minimum Gasteiger partial charge on any atom is -0.399 e. The Balaban J connectivity index is 2.01. The van der Waals surface area contributed by atoms with E-state index in [0.717, 1.165) is 17.3 Å². The largest absolute Gasteiger partial charge is 0.399 e. The summed E-state index contributed by atoms with van der Waals surface area (Å²) in [5, 5.41) is 8.11. The molecule has 0 bridgehead atoms. The lowest BCUT2D eigenvalue weighted by atomic mass is 10.1. The summed E-state index contributed by atoms with van der Waals surface area (Å²) in [6.07, 6.45) is 2.73. The predicted molar refractivity (Wildman–Crippen MR) is 76.6 cm³/mol. The minimum atomic E-state index is -0.0203. The molecule has 0 spiro atoms. The maximum Gasteiger partial charge on any atom is 0.241 e. The number of carbonyl (C=O) groups is 1. The first-order valence-electron chi connectivity index (χ1n) is 6.54. The summed E-state index contributed by atoms with van der Waals surface area (Å²) in [7, 11) is 0. The number of nitrogens with two attached hydrogens (primary N) is 1. The molecule has 0 atom stereocenters. The van der Waals surface area contributed by atoms with Gasteiger partial charge in [-0.2, -0.15) is 5.10 Å². The molecule has 0 fully saturated rings. The average molecular weight is 260 g/mol. The molecule has 3 N–H and O–H groups in total. The van der Waals surface area contributed by atoms with Crippen LogP contribution in [0.2, 0.25) is 0 Å². The topological polar surface area (TPSA) is 72.9 Å². The molecule has 102 valence electrons. The van der Waals surface area contributed by atoms with E-state index in [9.17, 15) is 4.79 Å². The number of benzene rings is 1. The molecular formula is C14H20N4O. The van der Waals surface area contributed by atoms with Gasteiger partial charge in [0.1, 0.15) is 6.54 Å². The number of nitrogens with zero attached hydrogens (tertiary/aromatic N) is 2. The van der Waals surface area contributed by atoms with Gasteiger partial charge in [-0.1, -0.05) is 13.8 Å². The molecule has 0 aliphatic heterocycles. The van der Waals surface area contributed by atoms with Crippen molar-refractivity contribution in [1.29, 1.82) is 0 Å². The Morgan fingerprint density at radius 2 is 2.26 bits per heavy atom. The van der Waals surface area contributed by atoms with Crippen molar-refractivity contribution in [2.75, 3.05) is 12.3 Å². The number of nitrogen functional groups attached to an aromatic ring is 1. The van der Waals surface area contributed by atoms with E-state index in [-0.39, 0.29) is 12.5 Å². The molecule has 0 saturated carbocycles. The maximum absolute atomic E-state index is 11.8. The molecule has 0 aliphatic carbocycles. The lowest BCUT2D eigenvalue weighted by molar-refractivity contribution is -0.121. The summed E-state index contributed by atoms with van der Waals surface area (Å²) in [6, 6.07) is 5.58. The zero-order chi connectivity index (χ0) is 13.8. The van der Waals surface area contributed by atoms with Crippen molar-refractivity contribution >= 4 is 22.5 Å². The Morgan fingerprint density at radius 3 is 3.00 bits per heavy atom. The lowest BCUT2D eigenvalue weighted by Crippen LogP contribution is -2.29. The van der Waals surface area contributed by atoms with Crippen LogP contribution in [0.25, 0.3) is 10.9 Å². The van der Waals surface area contributed by atoms with Crippen LogP contribution in [0, 0.1) is 5.92 Å². The van der Waals surface area contributed by atoms with Crippen molar-refractivity contribution < 1.29 is 4.79 Å². The predicted octanol–water partition coefficient (Wildman–Crippen LogP) is 1.78. The van der Waals surface area contributed by atoms with E-state index in [1.807, 2.05) is 18.2 Å². The smallest absolute Gasteiger partial charge is 0.241 e. The van der Waals surface area contributed by atoms with E-state index in [2.05, 4.69) is 24.3 Å². The lowest BCUT2D eigenvalue weighted by Gasteiger charge is -2.08. The van der Waals surface area contributed by atoms with E-state index >= 15 is 0 Å². The second kappa shape index (κ2) is 5.73. The van der Waals surface area contributed by atoms with Gasteiger partial charge in [-0.3, -0.25) is 9.48 Å². The maximum atomic E-state index is 11.8. The Hall–Kier alpha value is -2.04. The van der Waals surface area contributed by atoms with Crippen LogP contribution in [0.3, 0.4) is 0 Å². The minimum absolute atomic E-state index is 0.0203. The molecule has 0 radical (unpaired) electrons. The van der Waals surface area contributed by atoms with Crippen LogP contribution in [0.1, 0.15) is 20.3 Å². The van der Waals surface area contributed by atoms with Gasteiger partial charge in [0.15, 0.2) is 0 Å². The first kappa shape index (κ1) is 13.4. The van der Waals surface area contributed by atoms with Gasteiger partial charge in [-0.05, 0) is 30.5 Å². The Bertz CT molecular complexity index is 574. The number of hydrogen-bond donors (Lipinski definition) is 2. The Labute approximate surface area is 112 Å². The van der Waals surface area contributed by atoms with Crippen molar-refractivity contribution in [2.24, 2.45) is 5.92 Å². The van der Waals surface area contributed by atoms with Crippen LogP contribution in [0.15, 0.2) is 24.4 Å². The second-order valence-electron chi connectivity index (χ2n) is 5.15. The van der Waals surface area contributed by atoms with Crippen LogP contribution in [0.4, 0.5) is 5.69 Å². The van der Waals surface area contributed by atoms with Crippen LogP contribution in [0.5, 0.6) is 0 Å². The summed E-state index contributed by atoms with van der Waals surface area (Å²) in [4.78, 5) is 11.8. The fourth-order valence-electron chi connectivity index (χ4n) is 1.91. The molecular weight excluding hydrogens is 240 g/mol. The average Bonchev–Trinajstić information content (AvgIpc) is 2.71. The van der Waals surface area contributed by atoms with Gasteiger partial charge in [0.2, 0.25) is 5.91 Å². The van der Waals surface area contributed by atoms with E-state index in [1.54, 1.807) is 10.9 Å². The van der Waals surface area contributed by atoms with E-state index in [1.165, 1.54) is 0 Å².